The van der Waals surface area contributed by atoms with Crippen LogP contribution in [0.15, 0.2) is 54.4 Å². The first-order valence-corrected chi connectivity index (χ1v) is 4.63. The summed E-state index contributed by atoms with van der Waals surface area (Å²) in [5.41, 5.74) is 1.19. The van der Waals surface area contributed by atoms with Gasteiger partial charge in [0.1, 0.15) is 5.76 Å². The second kappa shape index (κ2) is 4.01. The minimum Gasteiger partial charge on any atom is -0.499 e. The Morgan fingerprint density at radius 1 is 1.21 bits per heavy atom. The molecule has 1 aromatic carbocycles. The molecule has 0 saturated carbocycles. The Bertz CT molecular complexity index is 354. The molecule has 0 bridgehead atoms. The van der Waals surface area contributed by atoms with E-state index in [-0.39, 0.29) is 0 Å². The van der Waals surface area contributed by atoms with E-state index >= 15 is 0 Å². The molecule has 2 heteroatoms. The zero-order valence-electron chi connectivity index (χ0n) is 8.18. The van der Waals surface area contributed by atoms with E-state index in [1.807, 2.05) is 30.4 Å². The van der Waals surface area contributed by atoms with E-state index in [0.717, 1.165) is 12.3 Å². The highest BCUT2D eigenvalue weighted by molar-refractivity contribution is 5.51. The lowest BCUT2D eigenvalue weighted by atomic mass is 10.2. The van der Waals surface area contributed by atoms with Gasteiger partial charge in [-0.25, -0.2) is 0 Å². The fourth-order valence-corrected chi connectivity index (χ4v) is 1.46. The van der Waals surface area contributed by atoms with Gasteiger partial charge in [-0.1, -0.05) is 18.2 Å². The molecule has 1 aliphatic rings. The zero-order valence-corrected chi connectivity index (χ0v) is 8.18. The summed E-state index contributed by atoms with van der Waals surface area (Å²) >= 11 is 0. The van der Waals surface area contributed by atoms with E-state index in [2.05, 4.69) is 23.2 Å². The van der Waals surface area contributed by atoms with Crippen LogP contribution in [0.4, 0.5) is 5.69 Å². The highest BCUT2D eigenvalue weighted by Crippen LogP contribution is 2.18. The van der Waals surface area contributed by atoms with Gasteiger partial charge in [0, 0.05) is 11.9 Å². The summed E-state index contributed by atoms with van der Waals surface area (Å²) in [5.74, 6) is 0.983. The molecule has 0 atom stereocenters. The third-order valence-electron chi connectivity index (χ3n) is 2.22. The quantitative estimate of drug-likeness (QED) is 0.705. The number of para-hydroxylation sites is 1. The van der Waals surface area contributed by atoms with E-state index in [1.54, 1.807) is 7.11 Å². The number of hydrogen-bond acceptors (Lipinski definition) is 2. The molecule has 0 fully saturated rings. The summed E-state index contributed by atoms with van der Waals surface area (Å²) in [6.07, 6.45) is 6.03. The molecule has 0 aromatic heterocycles. The van der Waals surface area contributed by atoms with E-state index in [1.165, 1.54) is 5.69 Å². The van der Waals surface area contributed by atoms with Crippen LogP contribution in [0.2, 0.25) is 0 Å². The number of hydrogen-bond donors (Lipinski definition) is 0. The number of allylic oxidation sites excluding steroid dienone is 2. The van der Waals surface area contributed by atoms with Crippen molar-refractivity contribution in [2.24, 2.45) is 0 Å². The topological polar surface area (TPSA) is 12.5 Å². The van der Waals surface area contributed by atoms with Gasteiger partial charge in [-0.2, -0.15) is 0 Å². The van der Waals surface area contributed by atoms with Crippen molar-refractivity contribution in [3.05, 3.63) is 54.4 Å². The Balaban J connectivity index is 2.16. The predicted octanol–water partition coefficient (Wildman–Crippen LogP) is 2.55. The third-order valence-corrected chi connectivity index (χ3v) is 2.22. The Hall–Kier alpha value is -1.70. The Morgan fingerprint density at radius 2 is 2.00 bits per heavy atom. The lowest BCUT2D eigenvalue weighted by molar-refractivity contribution is 0.285. The Kier molecular flexibility index (Phi) is 2.54. The van der Waals surface area contributed by atoms with Gasteiger partial charge in [-0.3, -0.25) is 0 Å². The van der Waals surface area contributed by atoms with Crippen LogP contribution in [0.25, 0.3) is 0 Å². The van der Waals surface area contributed by atoms with Crippen molar-refractivity contribution in [2.45, 2.75) is 0 Å². The summed E-state index contributed by atoms with van der Waals surface area (Å²) in [5, 5.41) is 0. The molecule has 2 rings (SSSR count). The number of rotatable bonds is 2. The molecule has 14 heavy (non-hydrogen) atoms. The summed E-state index contributed by atoms with van der Waals surface area (Å²) < 4.78 is 5.21. The summed E-state index contributed by atoms with van der Waals surface area (Å²) in [4.78, 5) is 2.15. The van der Waals surface area contributed by atoms with Gasteiger partial charge in [0.25, 0.3) is 0 Å². The second-order valence-corrected chi connectivity index (χ2v) is 3.14. The number of ether oxygens (including phenoxy) is 1. The average Bonchev–Trinajstić information content (AvgIpc) is 2.30. The van der Waals surface area contributed by atoms with Gasteiger partial charge in [-0.15, -0.1) is 0 Å². The molecule has 72 valence electrons. The molecule has 0 amide bonds. The van der Waals surface area contributed by atoms with Crippen molar-refractivity contribution in [2.75, 3.05) is 18.6 Å². The molecular formula is C12H13NO. The first-order chi connectivity index (χ1) is 6.90. The lowest BCUT2D eigenvalue weighted by Gasteiger charge is -2.23. The summed E-state index contributed by atoms with van der Waals surface area (Å²) in [7, 11) is 1.70. The summed E-state index contributed by atoms with van der Waals surface area (Å²) in [6.45, 7) is 0.803. The molecule has 0 unspecified atom stereocenters. The monoisotopic (exact) mass is 187 g/mol. The van der Waals surface area contributed by atoms with Crippen molar-refractivity contribution >= 4 is 5.69 Å². The highest BCUT2D eigenvalue weighted by atomic mass is 16.5. The van der Waals surface area contributed by atoms with Crippen molar-refractivity contribution in [1.82, 2.24) is 0 Å². The van der Waals surface area contributed by atoms with Crippen LogP contribution in [-0.4, -0.2) is 13.7 Å². The van der Waals surface area contributed by atoms with Crippen molar-refractivity contribution in [1.29, 1.82) is 0 Å². The molecule has 0 N–H and O–H groups in total. The van der Waals surface area contributed by atoms with Crippen LogP contribution in [-0.2, 0) is 4.74 Å². The minimum atomic E-state index is 0.803. The van der Waals surface area contributed by atoms with Crippen LogP contribution >= 0.6 is 0 Å². The first kappa shape index (κ1) is 8.88. The SMILES string of the molecule is COC1=CC=CN(c2ccccc2)C1. The normalized spacial score (nSPS) is 15.2. The first-order valence-electron chi connectivity index (χ1n) is 4.63. The van der Waals surface area contributed by atoms with Gasteiger partial charge < -0.3 is 9.64 Å². The average molecular weight is 187 g/mol. The van der Waals surface area contributed by atoms with Crippen molar-refractivity contribution < 1.29 is 4.74 Å². The molecule has 0 aliphatic carbocycles. The van der Waals surface area contributed by atoms with Crippen LogP contribution in [0.3, 0.4) is 0 Å². The summed E-state index contributed by atoms with van der Waals surface area (Å²) in [6, 6.07) is 10.3. The van der Waals surface area contributed by atoms with E-state index in [4.69, 9.17) is 4.74 Å². The standard InChI is InChI=1S/C12H13NO/c1-14-12-8-5-9-13(10-12)11-6-3-2-4-7-11/h2-9H,10H2,1H3. The predicted molar refractivity (Wildman–Crippen MR) is 58.0 cm³/mol. The minimum absolute atomic E-state index is 0.803. The second-order valence-electron chi connectivity index (χ2n) is 3.14. The Labute approximate surface area is 84.1 Å². The van der Waals surface area contributed by atoms with Gasteiger partial charge in [0.05, 0.1) is 13.7 Å². The molecule has 0 radical (unpaired) electrons. The smallest absolute Gasteiger partial charge is 0.115 e. The number of benzene rings is 1. The maximum Gasteiger partial charge on any atom is 0.115 e. The van der Waals surface area contributed by atoms with Crippen LogP contribution in [0.1, 0.15) is 0 Å². The van der Waals surface area contributed by atoms with Crippen LogP contribution < -0.4 is 4.90 Å². The maximum absolute atomic E-state index is 5.21. The molecule has 0 saturated heterocycles. The van der Waals surface area contributed by atoms with Gasteiger partial charge >= 0.3 is 0 Å². The molecular weight excluding hydrogens is 174 g/mol. The van der Waals surface area contributed by atoms with Gasteiger partial charge in [0.2, 0.25) is 0 Å². The molecule has 1 heterocycles. The Morgan fingerprint density at radius 3 is 2.71 bits per heavy atom. The van der Waals surface area contributed by atoms with Crippen molar-refractivity contribution in [3.8, 4) is 0 Å². The molecule has 0 spiro atoms. The highest BCUT2D eigenvalue weighted by Gasteiger charge is 2.08. The molecule has 1 aliphatic heterocycles. The zero-order chi connectivity index (χ0) is 9.80. The van der Waals surface area contributed by atoms with E-state index in [0.29, 0.717) is 0 Å². The van der Waals surface area contributed by atoms with Gasteiger partial charge in [-0.05, 0) is 24.3 Å². The molecule has 2 nitrogen and oxygen atoms in total. The fraction of sp³-hybridized carbons (Fsp3) is 0.167. The molecule has 1 aromatic rings. The largest absolute Gasteiger partial charge is 0.499 e. The van der Waals surface area contributed by atoms with Crippen molar-refractivity contribution in [3.63, 3.8) is 0 Å². The van der Waals surface area contributed by atoms with Gasteiger partial charge in [0.15, 0.2) is 0 Å². The number of anilines is 1. The number of methoxy groups -OCH3 is 1. The third kappa shape index (κ3) is 1.79. The van der Waals surface area contributed by atoms with Crippen LogP contribution in [0.5, 0.6) is 0 Å². The lowest BCUT2D eigenvalue weighted by Crippen LogP contribution is -2.21. The van der Waals surface area contributed by atoms with E-state index in [9.17, 15) is 0 Å². The maximum atomic E-state index is 5.21. The number of nitrogens with zero attached hydrogens (tertiary/aromatic N) is 1. The van der Waals surface area contributed by atoms with E-state index < -0.39 is 0 Å². The fourth-order valence-electron chi connectivity index (χ4n) is 1.46. The van der Waals surface area contributed by atoms with Crippen LogP contribution in [0, 0.1) is 0 Å².